The maximum Gasteiger partial charge on any atom is 0.319 e. The fourth-order valence-electron chi connectivity index (χ4n) is 4.42. The molecule has 124 valence electrons. The van der Waals surface area contributed by atoms with Gasteiger partial charge in [-0.05, 0) is 56.7 Å². The van der Waals surface area contributed by atoms with Gasteiger partial charge in [0, 0.05) is 29.9 Å². The number of nitrogens with one attached hydrogen (secondary N) is 2. The van der Waals surface area contributed by atoms with Crippen molar-refractivity contribution in [1.29, 1.82) is 0 Å². The molecule has 2 N–H and O–H groups in total. The van der Waals surface area contributed by atoms with Crippen LogP contribution in [0.15, 0.2) is 24.3 Å². The summed E-state index contributed by atoms with van der Waals surface area (Å²) in [6.07, 6.45) is 8.64. The van der Waals surface area contributed by atoms with Gasteiger partial charge >= 0.3 is 6.03 Å². The molecule has 1 aliphatic carbocycles. The number of halogens is 1. The molecule has 1 aromatic carbocycles. The molecule has 3 atom stereocenters. The molecule has 2 amide bonds. The molecule has 2 heterocycles. The molecule has 23 heavy (non-hydrogen) atoms. The summed E-state index contributed by atoms with van der Waals surface area (Å²) in [4.78, 5) is 14.9. The largest absolute Gasteiger partial charge is 0.335 e. The third-order valence-electron chi connectivity index (χ3n) is 5.42. The summed E-state index contributed by atoms with van der Waals surface area (Å²) in [6, 6.07) is 8.10. The second kappa shape index (κ2) is 6.11. The summed E-state index contributed by atoms with van der Waals surface area (Å²) in [7, 11) is 0. The van der Waals surface area contributed by atoms with Crippen LogP contribution < -0.4 is 10.6 Å². The SMILES string of the molecule is O=C(Nc1cccc(F)c1)NC1C[C@H]2CCC[C@@H](C1)N2C1CC1. The number of piperidine rings is 2. The van der Waals surface area contributed by atoms with E-state index in [1.165, 1.54) is 44.2 Å². The molecule has 0 spiro atoms. The second-order valence-corrected chi connectivity index (χ2v) is 7.19. The number of benzene rings is 1. The van der Waals surface area contributed by atoms with Crippen LogP contribution in [0.5, 0.6) is 0 Å². The highest BCUT2D eigenvalue weighted by atomic mass is 19.1. The van der Waals surface area contributed by atoms with Gasteiger partial charge in [-0.2, -0.15) is 0 Å². The Morgan fingerprint density at radius 3 is 2.48 bits per heavy atom. The van der Waals surface area contributed by atoms with Gasteiger partial charge in [0.1, 0.15) is 5.82 Å². The smallest absolute Gasteiger partial charge is 0.319 e. The Morgan fingerprint density at radius 1 is 1.09 bits per heavy atom. The number of hydrogen-bond acceptors (Lipinski definition) is 2. The van der Waals surface area contributed by atoms with Crippen molar-refractivity contribution < 1.29 is 9.18 Å². The van der Waals surface area contributed by atoms with Crippen molar-refractivity contribution in [3.05, 3.63) is 30.1 Å². The lowest BCUT2D eigenvalue weighted by Gasteiger charge is -2.49. The standard InChI is InChI=1S/C18H24FN3O/c19-12-3-1-4-13(9-12)20-18(23)21-14-10-16-5-2-6-17(11-14)22(16)15-7-8-15/h1,3-4,9,14-17H,2,5-8,10-11H2,(H2,20,21,23)/t14?,16-,17+. The lowest BCUT2D eigenvalue weighted by Crippen LogP contribution is -2.58. The first-order chi connectivity index (χ1) is 11.2. The molecule has 4 nitrogen and oxygen atoms in total. The summed E-state index contributed by atoms with van der Waals surface area (Å²) in [5.74, 6) is -0.338. The predicted octanol–water partition coefficient (Wildman–Crippen LogP) is 3.50. The van der Waals surface area contributed by atoms with Gasteiger partial charge in [0.05, 0.1) is 0 Å². The molecule has 1 saturated carbocycles. The number of anilines is 1. The zero-order valence-corrected chi connectivity index (χ0v) is 13.3. The summed E-state index contributed by atoms with van der Waals surface area (Å²) in [5, 5.41) is 5.83. The Kier molecular flexibility index (Phi) is 3.97. The van der Waals surface area contributed by atoms with Crippen LogP contribution in [0.1, 0.15) is 44.9 Å². The maximum atomic E-state index is 13.2. The minimum absolute atomic E-state index is 0.224. The number of urea groups is 1. The van der Waals surface area contributed by atoms with E-state index in [-0.39, 0.29) is 17.9 Å². The lowest BCUT2D eigenvalue weighted by atomic mass is 9.81. The predicted molar refractivity (Wildman–Crippen MR) is 87.9 cm³/mol. The minimum atomic E-state index is -0.338. The van der Waals surface area contributed by atoms with E-state index in [1.807, 2.05) is 0 Å². The summed E-state index contributed by atoms with van der Waals surface area (Å²) in [5.41, 5.74) is 0.498. The average Bonchev–Trinajstić information content (AvgIpc) is 3.30. The van der Waals surface area contributed by atoms with Gasteiger partial charge in [-0.25, -0.2) is 9.18 Å². The molecule has 2 saturated heterocycles. The zero-order valence-electron chi connectivity index (χ0n) is 13.3. The van der Waals surface area contributed by atoms with Gasteiger partial charge in [-0.3, -0.25) is 4.90 Å². The molecule has 1 unspecified atom stereocenters. The fourth-order valence-corrected chi connectivity index (χ4v) is 4.42. The molecule has 0 radical (unpaired) electrons. The van der Waals surface area contributed by atoms with E-state index in [4.69, 9.17) is 0 Å². The van der Waals surface area contributed by atoms with Crippen molar-refractivity contribution in [2.45, 2.75) is 69.1 Å². The Morgan fingerprint density at radius 2 is 1.83 bits per heavy atom. The first kappa shape index (κ1) is 14.9. The average molecular weight is 317 g/mol. The van der Waals surface area contributed by atoms with Crippen LogP contribution >= 0.6 is 0 Å². The molecule has 5 heteroatoms. The van der Waals surface area contributed by atoms with Gasteiger partial charge in [-0.1, -0.05) is 12.5 Å². The van der Waals surface area contributed by atoms with Crippen LogP contribution in [-0.4, -0.2) is 35.1 Å². The molecule has 2 bridgehead atoms. The van der Waals surface area contributed by atoms with Crippen molar-refractivity contribution in [2.24, 2.45) is 0 Å². The number of amides is 2. The summed E-state index contributed by atoms with van der Waals surface area (Å²) >= 11 is 0. The first-order valence-corrected chi connectivity index (χ1v) is 8.79. The van der Waals surface area contributed by atoms with Crippen molar-refractivity contribution in [1.82, 2.24) is 10.2 Å². The zero-order chi connectivity index (χ0) is 15.8. The Labute approximate surface area is 136 Å². The number of carbonyl (C=O) groups is 1. The van der Waals surface area contributed by atoms with E-state index in [0.29, 0.717) is 17.8 Å². The number of hydrogen-bond donors (Lipinski definition) is 2. The molecule has 1 aromatic rings. The highest BCUT2D eigenvalue weighted by Gasteiger charge is 2.45. The normalized spacial score (nSPS) is 30.7. The molecular formula is C18H24FN3O. The van der Waals surface area contributed by atoms with Crippen LogP contribution in [0.4, 0.5) is 14.9 Å². The minimum Gasteiger partial charge on any atom is -0.335 e. The van der Waals surface area contributed by atoms with Crippen LogP contribution in [0.3, 0.4) is 0 Å². The van der Waals surface area contributed by atoms with Crippen LogP contribution in [0.25, 0.3) is 0 Å². The van der Waals surface area contributed by atoms with Crippen LogP contribution in [-0.2, 0) is 0 Å². The summed E-state index contributed by atoms with van der Waals surface area (Å²) in [6.45, 7) is 0. The van der Waals surface area contributed by atoms with E-state index in [9.17, 15) is 9.18 Å². The van der Waals surface area contributed by atoms with Crippen LogP contribution in [0.2, 0.25) is 0 Å². The highest BCUT2D eigenvalue weighted by Crippen LogP contribution is 2.41. The molecule has 0 aromatic heterocycles. The second-order valence-electron chi connectivity index (χ2n) is 7.19. The molecule has 4 rings (SSSR count). The topological polar surface area (TPSA) is 44.4 Å². The lowest BCUT2D eigenvalue weighted by molar-refractivity contribution is 0.0198. The number of carbonyl (C=O) groups excluding carboxylic acids is 1. The van der Waals surface area contributed by atoms with E-state index in [2.05, 4.69) is 15.5 Å². The number of rotatable bonds is 3. The van der Waals surface area contributed by atoms with Crippen LogP contribution in [0, 0.1) is 5.82 Å². The molecule has 2 aliphatic heterocycles. The molecule has 3 aliphatic rings. The van der Waals surface area contributed by atoms with E-state index in [0.717, 1.165) is 18.9 Å². The monoisotopic (exact) mass is 317 g/mol. The van der Waals surface area contributed by atoms with Crippen molar-refractivity contribution in [3.63, 3.8) is 0 Å². The van der Waals surface area contributed by atoms with Gasteiger partial charge in [0.25, 0.3) is 0 Å². The van der Waals surface area contributed by atoms with Gasteiger partial charge in [0.15, 0.2) is 0 Å². The first-order valence-electron chi connectivity index (χ1n) is 8.79. The maximum absolute atomic E-state index is 13.2. The van der Waals surface area contributed by atoms with E-state index in [1.54, 1.807) is 12.1 Å². The Hall–Kier alpha value is -1.62. The fraction of sp³-hybridized carbons (Fsp3) is 0.611. The van der Waals surface area contributed by atoms with Crippen molar-refractivity contribution >= 4 is 11.7 Å². The van der Waals surface area contributed by atoms with Gasteiger partial charge in [-0.15, -0.1) is 0 Å². The third-order valence-corrected chi connectivity index (χ3v) is 5.42. The summed E-state index contributed by atoms with van der Waals surface area (Å²) < 4.78 is 13.2. The molecular weight excluding hydrogens is 293 g/mol. The van der Waals surface area contributed by atoms with Crippen molar-refractivity contribution in [2.75, 3.05) is 5.32 Å². The van der Waals surface area contributed by atoms with Gasteiger partial charge in [0.2, 0.25) is 0 Å². The van der Waals surface area contributed by atoms with E-state index >= 15 is 0 Å². The van der Waals surface area contributed by atoms with Crippen molar-refractivity contribution in [3.8, 4) is 0 Å². The third kappa shape index (κ3) is 3.34. The van der Waals surface area contributed by atoms with E-state index < -0.39 is 0 Å². The van der Waals surface area contributed by atoms with Gasteiger partial charge < -0.3 is 10.6 Å². The quantitative estimate of drug-likeness (QED) is 0.896. The highest BCUT2D eigenvalue weighted by molar-refractivity contribution is 5.89. The molecule has 3 fully saturated rings. The number of fused-ring (bicyclic) bond motifs is 2. The Bertz CT molecular complexity index is 575. The number of nitrogens with zero attached hydrogens (tertiary/aromatic N) is 1. The Balaban J connectivity index is 1.35.